The van der Waals surface area contributed by atoms with E-state index in [0.29, 0.717) is 38.8 Å². The molecule has 0 unspecified atom stereocenters. The number of hydrogen-bond donors (Lipinski definition) is 0. The van der Waals surface area contributed by atoms with Crippen molar-refractivity contribution in [3.63, 3.8) is 0 Å². The van der Waals surface area contributed by atoms with E-state index in [2.05, 4.69) is 0 Å². The van der Waals surface area contributed by atoms with Gasteiger partial charge in [-0.1, -0.05) is 133 Å². The summed E-state index contributed by atoms with van der Waals surface area (Å²) < 4.78 is 82.2. The molecule has 0 aliphatic carbocycles. The lowest BCUT2D eigenvalue weighted by Crippen LogP contribution is -2.10. The van der Waals surface area contributed by atoms with Crippen LogP contribution in [-0.4, -0.2) is 0 Å². The van der Waals surface area contributed by atoms with E-state index in [1.807, 2.05) is 109 Å². The van der Waals surface area contributed by atoms with Crippen LogP contribution in [0.2, 0.25) is 0 Å². The molecule has 0 aliphatic rings. The van der Waals surface area contributed by atoms with Crippen molar-refractivity contribution in [2.24, 2.45) is 0 Å². The van der Waals surface area contributed by atoms with Crippen LogP contribution in [-0.2, 0) is 0 Å². The Balaban J connectivity index is 1.31. The van der Waals surface area contributed by atoms with Gasteiger partial charge in [0.15, 0.2) is 0 Å². The summed E-state index contributed by atoms with van der Waals surface area (Å²) in [6, 6.07) is 40.6. The molecular weight excluding hydrogens is 607 g/mol. The Morgan fingerprint density at radius 3 is 1.82 bits per heavy atom. The van der Waals surface area contributed by atoms with E-state index in [1.54, 1.807) is 30.3 Å². The van der Waals surface area contributed by atoms with Crippen LogP contribution in [0.1, 0.15) is 11.0 Å². The average molecular weight is 646 g/mol. The fourth-order valence-electron chi connectivity index (χ4n) is 6.92. The number of furan rings is 1. The lowest BCUT2D eigenvalue weighted by molar-refractivity contribution is 0.672. The minimum Gasteiger partial charge on any atom is -0.455 e. The van der Waals surface area contributed by atoms with Crippen LogP contribution in [0, 0.1) is 0 Å². The van der Waals surface area contributed by atoms with Crippen LogP contribution in [0.25, 0.3) is 76.5 Å². The van der Waals surface area contributed by atoms with Crippen molar-refractivity contribution in [1.82, 2.24) is 0 Å². The first-order chi connectivity index (χ1) is 28.1. The molecule has 0 aliphatic heterocycles. The Labute approximate surface area is 301 Å². The monoisotopic (exact) mass is 645 g/mol. The molecule has 0 N–H and O–H groups in total. The first-order valence-corrected chi connectivity index (χ1v) is 16.4. The van der Waals surface area contributed by atoms with Gasteiger partial charge in [0.1, 0.15) is 11.2 Å². The first kappa shape index (κ1) is 21.4. The van der Waals surface area contributed by atoms with Gasteiger partial charge in [0.25, 0.3) is 0 Å². The van der Waals surface area contributed by atoms with Crippen molar-refractivity contribution < 1.29 is 15.4 Å². The number of rotatable bonds is 5. The van der Waals surface area contributed by atoms with Gasteiger partial charge in [-0.05, 0) is 104 Å². The molecule has 0 atom stereocenters. The van der Waals surface area contributed by atoms with Crippen LogP contribution in [0.5, 0.6) is 0 Å². The Morgan fingerprint density at radius 2 is 1.08 bits per heavy atom. The molecule has 2 nitrogen and oxygen atoms in total. The summed E-state index contributed by atoms with van der Waals surface area (Å²) in [7, 11) is 0. The van der Waals surface area contributed by atoms with E-state index in [0.717, 1.165) is 32.3 Å². The highest BCUT2D eigenvalue weighted by molar-refractivity contribution is 6.19. The molecular formula is C48H31NO. The van der Waals surface area contributed by atoms with Crippen molar-refractivity contribution in [3.05, 3.63) is 188 Å². The van der Waals surface area contributed by atoms with Gasteiger partial charge < -0.3 is 9.32 Å². The molecule has 1 heterocycles. The predicted molar refractivity (Wildman–Crippen MR) is 212 cm³/mol. The van der Waals surface area contributed by atoms with Crippen LogP contribution >= 0.6 is 0 Å². The molecule has 0 radical (unpaired) electrons. The minimum absolute atomic E-state index is 0.102. The summed E-state index contributed by atoms with van der Waals surface area (Å²) in [6.45, 7) is 0. The Bertz CT molecular complexity index is 3330. The number of benzene rings is 9. The fourth-order valence-corrected chi connectivity index (χ4v) is 6.92. The van der Waals surface area contributed by atoms with Gasteiger partial charge in [0.2, 0.25) is 0 Å². The maximum atomic E-state index is 9.84. The molecule has 2 heteroatoms. The molecule has 0 bridgehead atoms. The fraction of sp³-hybridized carbons (Fsp3) is 0. The number of anilines is 3. The largest absolute Gasteiger partial charge is 0.455 e. The molecule has 9 aromatic carbocycles. The molecule has 0 saturated carbocycles. The SMILES string of the molecule is [2H]c1c([2H])c(-c2ccc3ccccc3c2)c([2H])c(N(c2c([2H])c([2H])c(-c3ccc4ccccc4c3)c([2H])c2[2H])c2cccc3oc4c5ccccc5ccc4c23)c1[2H]. The third-order valence-electron chi connectivity index (χ3n) is 9.35. The summed E-state index contributed by atoms with van der Waals surface area (Å²) in [5.41, 5.74) is 2.25. The summed E-state index contributed by atoms with van der Waals surface area (Å²) >= 11 is 0. The predicted octanol–water partition coefficient (Wildman–Crippen LogP) is 13.8. The zero-order valence-corrected chi connectivity index (χ0v) is 26.6. The van der Waals surface area contributed by atoms with Gasteiger partial charge >= 0.3 is 0 Å². The topological polar surface area (TPSA) is 16.4 Å². The molecule has 50 heavy (non-hydrogen) atoms. The van der Waals surface area contributed by atoms with Gasteiger partial charge in [0.05, 0.1) is 22.0 Å². The quantitative estimate of drug-likeness (QED) is 0.185. The van der Waals surface area contributed by atoms with Gasteiger partial charge in [-0.3, -0.25) is 0 Å². The summed E-state index contributed by atoms with van der Waals surface area (Å²) in [4.78, 5) is 1.41. The lowest BCUT2D eigenvalue weighted by Gasteiger charge is -2.27. The van der Waals surface area contributed by atoms with E-state index in [4.69, 9.17) is 7.16 Å². The van der Waals surface area contributed by atoms with E-state index >= 15 is 0 Å². The van der Waals surface area contributed by atoms with Gasteiger partial charge in [-0.2, -0.15) is 0 Å². The minimum atomic E-state index is -0.467. The maximum Gasteiger partial charge on any atom is 0.143 e. The molecule has 0 fully saturated rings. The Morgan fingerprint density at radius 1 is 0.440 bits per heavy atom. The highest BCUT2D eigenvalue weighted by atomic mass is 16.3. The van der Waals surface area contributed by atoms with Crippen LogP contribution in [0.15, 0.2) is 192 Å². The second-order valence-corrected chi connectivity index (χ2v) is 12.3. The smallest absolute Gasteiger partial charge is 0.143 e. The highest BCUT2D eigenvalue weighted by Gasteiger charge is 2.21. The van der Waals surface area contributed by atoms with Crippen LogP contribution in [0.4, 0.5) is 17.1 Å². The van der Waals surface area contributed by atoms with Gasteiger partial charge in [-0.15, -0.1) is 0 Å². The number of hydrogen-bond acceptors (Lipinski definition) is 2. The van der Waals surface area contributed by atoms with Crippen molar-refractivity contribution in [2.75, 3.05) is 4.90 Å². The third-order valence-corrected chi connectivity index (χ3v) is 9.35. The van der Waals surface area contributed by atoms with Crippen LogP contribution in [0.3, 0.4) is 0 Å². The molecule has 1 aromatic heterocycles. The summed E-state index contributed by atoms with van der Waals surface area (Å²) in [6.07, 6.45) is 0. The molecule has 10 aromatic rings. The zero-order valence-electron chi connectivity index (χ0n) is 34.6. The Hall–Kier alpha value is -6.64. The first-order valence-electron chi connectivity index (χ1n) is 20.4. The molecule has 234 valence electrons. The molecule has 0 spiro atoms. The third kappa shape index (κ3) is 4.73. The summed E-state index contributed by atoms with van der Waals surface area (Å²) in [5.74, 6) is 0. The van der Waals surface area contributed by atoms with E-state index in [1.165, 1.54) is 4.90 Å². The molecule has 0 amide bonds. The normalized spacial score (nSPS) is 13.8. The Kier molecular flexibility index (Phi) is 4.91. The van der Waals surface area contributed by atoms with Crippen molar-refractivity contribution in [1.29, 1.82) is 0 Å². The van der Waals surface area contributed by atoms with E-state index < -0.39 is 24.2 Å². The standard InChI is InChI=1S/C48H31NO/c1-3-12-36-29-39(21-19-32(36)9-1)34-23-26-41(27-24-34)49(42-15-7-14-38(31-42)40-22-20-33-10-2-4-13-37(33)30-40)45-17-8-18-46-47(45)44-28-25-35-11-5-6-16-43(35)48(44)50-46/h1-31H/i7D,14D,15D,23D,24D,26D,27D,31D. The average Bonchev–Trinajstić information content (AvgIpc) is 3.64. The van der Waals surface area contributed by atoms with Crippen molar-refractivity contribution in [2.45, 2.75) is 0 Å². The zero-order chi connectivity index (χ0) is 40.0. The lowest BCUT2D eigenvalue weighted by atomic mass is 9.99. The number of fused-ring (bicyclic) bond motifs is 7. The van der Waals surface area contributed by atoms with Crippen molar-refractivity contribution >= 4 is 71.3 Å². The van der Waals surface area contributed by atoms with E-state index in [9.17, 15) is 8.22 Å². The molecule has 10 rings (SSSR count). The van der Waals surface area contributed by atoms with E-state index in [-0.39, 0.29) is 46.7 Å². The van der Waals surface area contributed by atoms with Crippen LogP contribution < -0.4 is 4.90 Å². The molecule has 0 saturated heterocycles. The van der Waals surface area contributed by atoms with Gasteiger partial charge in [-0.25, -0.2) is 0 Å². The van der Waals surface area contributed by atoms with Crippen molar-refractivity contribution in [3.8, 4) is 22.3 Å². The second-order valence-electron chi connectivity index (χ2n) is 12.3. The maximum absolute atomic E-state index is 9.84. The highest BCUT2D eigenvalue weighted by Crippen LogP contribution is 2.45. The second kappa shape index (κ2) is 11.5. The number of nitrogens with zero attached hydrogens (tertiary/aromatic N) is 1. The van der Waals surface area contributed by atoms with Gasteiger partial charge in [0, 0.05) is 22.1 Å². The summed E-state index contributed by atoms with van der Waals surface area (Å²) in [5, 5.41) is 6.76.